The average molecular weight is 386 g/mol. The van der Waals surface area contributed by atoms with E-state index in [0.29, 0.717) is 12.5 Å². The Labute approximate surface area is 171 Å². The van der Waals surface area contributed by atoms with Crippen LogP contribution in [0.15, 0.2) is 54.9 Å². The van der Waals surface area contributed by atoms with Crippen molar-refractivity contribution < 1.29 is 4.79 Å². The maximum Gasteiger partial charge on any atom is 0.230 e. The molecule has 0 radical (unpaired) electrons. The van der Waals surface area contributed by atoms with E-state index < -0.39 is 0 Å². The Hall–Kier alpha value is -2.95. The van der Waals surface area contributed by atoms with E-state index in [2.05, 4.69) is 41.1 Å². The Morgan fingerprint density at radius 3 is 2.86 bits per heavy atom. The van der Waals surface area contributed by atoms with Gasteiger partial charge in [0.25, 0.3) is 0 Å². The fourth-order valence-electron chi connectivity index (χ4n) is 4.96. The number of carbonyl (C=O) groups excluding carboxylic acids is 1. The minimum Gasteiger partial charge on any atom is -0.355 e. The quantitative estimate of drug-likeness (QED) is 0.684. The van der Waals surface area contributed by atoms with Crippen molar-refractivity contribution in [3.8, 4) is 0 Å². The minimum atomic E-state index is -0.276. The molecular formula is C24H26N4O. The number of carbonyl (C=O) groups is 1. The van der Waals surface area contributed by atoms with Gasteiger partial charge in [0.1, 0.15) is 5.82 Å². The SMILES string of the molecule is Cc1cc(N2CCC3(CCCN(Cc4cccnc4)C3=O)C2)nc2ccccc12. The summed E-state index contributed by atoms with van der Waals surface area (Å²) in [6.45, 7) is 5.28. The number of piperidine rings is 1. The zero-order chi connectivity index (χ0) is 19.8. The Kier molecular flexibility index (Phi) is 4.46. The van der Waals surface area contributed by atoms with Crippen LogP contribution in [0.5, 0.6) is 0 Å². The van der Waals surface area contributed by atoms with Crippen molar-refractivity contribution in [2.45, 2.75) is 32.7 Å². The number of aryl methyl sites for hydroxylation is 1. The Morgan fingerprint density at radius 1 is 1.10 bits per heavy atom. The number of rotatable bonds is 3. The van der Waals surface area contributed by atoms with Crippen molar-refractivity contribution in [3.05, 3.63) is 66.0 Å². The molecule has 148 valence electrons. The lowest BCUT2D eigenvalue weighted by Gasteiger charge is -2.39. The number of hydrogen-bond acceptors (Lipinski definition) is 4. The standard InChI is InChI=1S/C24H26N4O/c1-18-14-22(26-21-8-3-2-7-20(18)21)28-13-10-24(17-28)9-5-12-27(23(24)29)16-19-6-4-11-25-15-19/h2-4,6-8,11,14-15H,5,9-10,12-13,16-17H2,1H3. The molecular weight excluding hydrogens is 360 g/mol. The van der Waals surface area contributed by atoms with E-state index in [0.717, 1.165) is 55.8 Å². The van der Waals surface area contributed by atoms with E-state index in [1.807, 2.05) is 29.3 Å². The van der Waals surface area contributed by atoms with Gasteiger partial charge in [-0.05, 0) is 55.5 Å². The number of aromatic nitrogens is 2. The molecule has 5 rings (SSSR count). The predicted molar refractivity (Wildman–Crippen MR) is 115 cm³/mol. The highest BCUT2D eigenvalue weighted by Gasteiger charge is 2.48. The summed E-state index contributed by atoms with van der Waals surface area (Å²) in [5, 5.41) is 1.20. The summed E-state index contributed by atoms with van der Waals surface area (Å²) in [7, 11) is 0. The van der Waals surface area contributed by atoms with Gasteiger partial charge in [-0.15, -0.1) is 0 Å². The molecule has 1 aromatic carbocycles. The van der Waals surface area contributed by atoms with Gasteiger partial charge < -0.3 is 9.80 Å². The molecule has 2 aliphatic heterocycles. The molecule has 1 atom stereocenters. The summed E-state index contributed by atoms with van der Waals surface area (Å²) < 4.78 is 0. The van der Waals surface area contributed by atoms with E-state index in [4.69, 9.17) is 4.98 Å². The summed E-state index contributed by atoms with van der Waals surface area (Å²) in [5.41, 5.74) is 3.08. The number of benzene rings is 1. The summed E-state index contributed by atoms with van der Waals surface area (Å²) in [6.07, 6.45) is 6.57. The first-order chi connectivity index (χ1) is 14.1. The highest BCUT2D eigenvalue weighted by atomic mass is 16.2. The molecule has 4 heterocycles. The maximum absolute atomic E-state index is 13.5. The van der Waals surface area contributed by atoms with Crippen LogP contribution in [0.1, 0.15) is 30.4 Å². The monoisotopic (exact) mass is 386 g/mol. The maximum atomic E-state index is 13.5. The number of fused-ring (bicyclic) bond motifs is 1. The smallest absolute Gasteiger partial charge is 0.230 e. The van der Waals surface area contributed by atoms with E-state index in [9.17, 15) is 4.79 Å². The molecule has 0 bridgehead atoms. The van der Waals surface area contributed by atoms with Crippen molar-refractivity contribution in [2.24, 2.45) is 5.41 Å². The van der Waals surface area contributed by atoms with Crippen molar-refractivity contribution in [3.63, 3.8) is 0 Å². The Bertz CT molecular complexity index is 1050. The molecule has 29 heavy (non-hydrogen) atoms. The Balaban J connectivity index is 1.38. The highest BCUT2D eigenvalue weighted by molar-refractivity contribution is 5.86. The summed E-state index contributed by atoms with van der Waals surface area (Å²) in [6, 6.07) is 14.4. The van der Waals surface area contributed by atoms with Crippen LogP contribution in [0.3, 0.4) is 0 Å². The van der Waals surface area contributed by atoms with E-state index in [1.54, 1.807) is 6.20 Å². The van der Waals surface area contributed by atoms with Crippen LogP contribution in [0.4, 0.5) is 5.82 Å². The Morgan fingerprint density at radius 2 is 2.00 bits per heavy atom. The van der Waals surface area contributed by atoms with Gasteiger partial charge in [-0.25, -0.2) is 4.98 Å². The second kappa shape index (κ2) is 7.14. The number of anilines is 1. The lowest BCUT2D eigenvalue weighted by molar-refractivity contribution is -0.145. The zero-order valence-corrected chi connectivity index (χ0v) is 16.8. The molecule has 0 N–H and O–H groups in total. The van der Waals surface area contributed by atoms with Gasteiger partial charge in [0.2, 0.25) is 5.91 Å². The van der Waals surface area contributed by atoms with Gasteiger partial charge >= 0.3 is 0 Å². The number of nitrogens with zero attached hydrogens (tertiary/aromatic N) is 4. The molecule has 1 spiro atoms. The number of amides is 1. The van der Waals surface area contributed by atoms with Crippen LogP contribution in [0, 0.1) is 12.3 Å². The van der Waals surface area contributed by atoms with Gasteiger partial charge in [0.15, 0.2) is 0 Å². The van der Waals surface area contributed by atoms with Crippen LogP contribution in [0.25, 0.3) is 10.9 Å². The molecule has 2 aromatic heterocycles. The first kappa shape index (κ1) is 18.1. The molecule has 2 aliphatic rings. The first-order valence-electron chi connectivity index (χ1n) is 10.4. The van der Waals surface area contributed by atoms with Gasteiger partial charge in [0.05, 0.1) is 10.9 Å². The van der Waals surface area contributed by atoms with E-state index >= 15 is 0 Å². The fraction of sp³-hybridized carbons (Fsp3) is 0.375. The third kappa shape index (κ3) is 3.24. The fourth-order valence-corrected chi connectivity index (χ4v) is 4.96. The van der Waals surface area contributed by atoms with Crippen LogP contribution in [-0.4, -0.2) is 40.4 Å². The third-order valence-electron chi connectivity index (χ3n) is 6.51. The average Bonchev–Trinajstić information content (AvgIpc) is 3.17. The van der Waals surface area contributed by atoms with Crippen molar-refractivity contribution >= 4 is 22.6 Å². The topological polar surface area (TPSA) is 49.3 Å². The lowest BCUT2D eigenvalue weighted by atomic mass is 9.78. The van der Waals surface area contributed by atoms with Crippen LogP contribution in [-0.2, 0) is 11.3 Å². The molecule has 0 aliphatic carbocycles. The van der Waals surface area contributed by atoms with Crippen LogP contribution < -0.4 is 4.90 Å². The molecule has 0 saturated carbocycles. The molecule has 1 unspecified atom stereocenters. The summed E-state index contributed by atoms with van der Waals surface area (Å²) in [4.78, 5) is 26.9. The molecule has 5 nitrogen and oxygen atoms in total. The number of hydrogen-bond donors (Lipinski definition) is 0. The first-order valence-corrected chi connectivity index (χ1v) is 10.4. The molecule has 2 saturated heterocycles. The third-order valence-corrected chi connectivity index (χ3v) is 6.51. The minimum absolute atomic E-state index is 0.276. The van der Waals surface area contributed by atoms with Gasteiger partial charge in [-0.2, -0.15) is 0 Å². The van der Waals surface area contributed by atoms with Crippen LogP contribution in [0.2, 0.25) is 0 Å². The van der Waals surface area contributed by atoms with Crippen LogP contribution >= 0.6 is 0 Å². The number of likely N-dealkylation sites (tertiary alicyclic amines) is 1. The normalized spacial score (nSPS) is 22.0. The zero-order valence-electron chi connectivity index (χ0n) is 16.8. The molecule has 2 fully saturated rings. The highest BCUT2D eigenvalue weighted by Crippen LogP contribution is 2.42. The lowest BCUT2D eigenvalue weighted by Crippen LogP contribution is -2.49. The number of para-hydroxylation sites is 1. The summed E-state index contributed by atoms with van der Waals surface area (Å²) >= 11 is 0. The summed E-state index contributed by atoms with van der Waals surface area (Å²) in [5.74, 6) is 1.29. The second-order valence-electron chi connectivity index (χ2n) is 8.46. The molecule has 1 amide bonds. The van der Waals surface area contributed by atoms with Gasteiger partial charge in [0, 0.05) is 44.0 Å². The number of pyridine rings is 2. The van der Waals surface area contributed by atoms with Gasteiger partial charge in [-0.3, -0.25) is 9.78 Å². The second-order valence-corrected chi connectivity index (χ2v) is 8.46. The molecule has 5 heteroatoms. The van der Waals surface area contributed by atoms with Gasteiger partial charge in [-0.1, -0.05) is 24.3 Å². The van der Waals surface area contributed by atoms with Crippen molar-refractivity contribution in [2.75, 3.05) is 24.5 Å². The largest absolute Gasteiger partial charge is 0.355 e. The van der Waals surface area contributed by atoms with E-state index in [1.165, 1.54) is 10.9 Å². The molecule has 3 aromatic rings. The predicted octanol–water partition coefficient (Wildman–Crippen LogP) is 3.96. The van der Waals surface area contributed by atoms with Crippen molar-refractivity contribution in [1.29, 1.82) is 0 Å². The van der Waals surface area contributed by atoms with E-state index in [-0.39, 0.29) is 5.41 Å². The van der Waals surface area contributed by atoms with Crippen molar-refractivity contribution in [1.82, 2.24) is 14.9 Å².